The third-order valence-corrected chi connectivity index (χ3v) is 3.17. The number of hydrogen-bond acceptors (Lipinski definition) is 3. The molecule has 0 saturated carbocycles. The predicted octanol–water partition coefficient (Wildman–Crippen LogP) is 3.31. The van der Waals surface area contributed by atoms with Gasteiger partial charge in [-0.25, -0.2) is 4.79 Å². The summed E-state index contributed by atoms with van der Waals surface area (Å²) in [5, 5.41) is 5.35. The maximum atomic E-state index is 11.6. The number of carbonyl (C=O) groups is 2. The molecule has 128 valence electrons. The predicted molar refractivity (Wildman–Crippen MR) is 96.9 cm³/mol. The van der Waals surface area contributed by atoms with Gasteiger partial charge < -0.3 is 15.4 Å². The number of anilines is 1. The quantitative estimate of drug-likeness (QED) is 0.650. The second-order valence-electron chi connectivity index (χ2n) is 5.30. The third kappa shape index (κ3) is 7.23. The second kappa shape index (κ2) is 9.78. The lowest BCUT2D eigenvalue weighted by Crippen LogP contribution is -2.24. The van der Waals surface area contributed by atoms with Crippen molar-refractivity contribution in [2.24, 2.45) is 0 Å². The highest BCUT2D eigenvalue weighted by atomic mass is 16.5. The highest BCUT2D eigenvalue weighted by molar-refractivity contribution is 5.88. The van der Waals surface area contributed by atoms with Gasteiger partial charge in [0.25, 0.3) is 0 Å². The first-order valence-electron chi connectivity index (χ1n) is 7.94. The van der Waals surface area contributed by atoms with Crippen molar-refractivity contribution in [1.82, 2.24) is 5.32 Å². The average Bonchev–Trinajstić information content (AvgIpc) is 2.61. The van der Waals surface area contributed by atoms with E-state index in [0.717, 1.165) is 16.8 Å². The molecule has 2 amide bonds. The van der Waals surface area contributed by atoms with Crippen molar-refractivity contribution in [2.75, 3.05) is 11.9 Å². The van der Waals surface area contributed by atoms with E-state index < -0.39 is 6.09 Å². The zero-order chi connectivity index (χ0) is 17.9. The standard InChI is InChI=1S/C20H20N2O3/c1-16(23)22-19-12-10-17(11-13-19)7-5-6-14-21-20(24)25-15-18-8-3-2-4-9-18/h2-4,8-13H,6,14-15H2,1H3,(H,21,24)(H,22,23). The van der Waals surface area contributed by atoms with Gasteiger partial charge in [0.2, 0.25) is 5.91 Å². The van der Waals surface area contributed by atoms with Crippen LogP contribution in [0.15, 0.2) is 54.6 Å². The second-order valence-corrected chi connectivity index (χ2v) is 5.30. The van der Waals surface area contributed by atoms with Gasteiger partial charge in [0.1, 0.15) is 6.61 Å². The lowest BCUT2D eigenvalue weighted by molar-refractivity contribution is -0.114. The molecule has 0 aliphatic carbocycles. The zero-order valence-corrected chi connectivity index (χ0v) is 14.0. The summed E-state index contributed by atoms with van der Waals surface area (Å²) in [6.07, 6.45) is 0.0683. The van der Waals surface area contributed by atoms with Crippen molar-refractivity contribution in [2.45, 2.75) is 20.0 Å². The zero-order valence-electron chi connectivity index (χ0n) is 14.0. The Hall–Kier alpha value is -3.26. The van der Waals surface area contributed by atoms with E-state index in [1.807, 2.05) is 42.5 Å². The topological polar surface area (TPSA) is 67.4 Å². The number of hydrogen-bond donors (Lipinski definition) is 2. The molecule has 0 atom stereocenters. The average molecular weight is 336 g/mol. The van der Waals surface area contributed by atoms with Gasteiger partial charge in [0, 0.05) is 31.1 Å². The lowest BCUT2D eigenvalue weighted by Gasteiger charge is -2.05. The molecule has 0 aliphatic heterocycles. The summed E-state index contributed by atoms with van der Waals surface area (Å²) in [5.74, 6) is 5.88. The summed E-state index contributed by atoms with van der Waals surface area (Å²) < 4.78 is 5.11. The fraction of sp³-hybridized carbons (Fsp3) is 0.200. The molecule has 0 heterocycles. The molecule has 0 saturated heterocycles. The van der Waals surface area contributed by atoms with E-state index in [1.165, 1.54) is 6.92 Å². The van der Waals surface area contributed by atoms with Crippen LogP contribution in [0.1, 0.15) is 24.5 Å². The van der Waals surface area contributed by atoms with Gasteiger partial charge in [-0.3, -0.25) is 4.79 Å². The van der Waals surface area contributed by atoms with Gasteiger partial charge in [0.15, 0.2) is 0 Å². The lowest BCUT2D eigenvalue weighted by atomic mass is 10.2. The van der Waals surface area contributed by atoms with Crippen molar-refractivity contribution in [3.05, 3.63) is 65.7 Å². The van der Waals surface area contributed by atoms with Gasteiger partial charge in [-0.05, 0) is 29.8 Å². The van der Waals surface area contributed by atoms with E-state index in [-0.39, 0.29) is 12.5 Å². The Morgan fingerprint density at radius 2 is 1.76 bits per heavy atom. The summed E-state index contributed by atoms with van der Waals surface area (Å²) in [6.45, 7) is 2.13. The van der Waals surface area contributed by atoms with Crippen molar-refractivity contribution < 1.29 is 14.3 Å². The maximum Gasteiger partial charge on any atom is 0.407 e. The van der Waals surface area contributed by atoms with E-state index in [1.54, 1.807) is 12.1 Å². The van der Waals surface area contributed by atoms with Crippen LogP contribution in [0.4, 0.5) is 10.5 Å². The minimum atomic E-state index is -0.453. The summed E-state index contributed by atoms with van der Waals surface area (Å²) in [5.41, 5.74) is 2.53. The number of carbonyl (C=O) groups excluding carboxylic acids is 2. The van der Waals surface area contributed by atoms with Crippen LogP contribution >= 0.6 is 0 Å². The monoisotopic (exact) mass is 336 g/mol. The van der Waals surface area contributed by atoms with Crippen LogP contribution in [0.25, 0.3) is 0 Å². The van der Waals surface area contributed by atoms with Crippen LogP contribution in [0.3, 0.4) is 0 Å². The Bertz CT molecular complexity index is 759. The van der Waals surface area contributed by atoms with Crippen LogP contribution in [0.5, 0.6) is 0 Å². The Balaban J connectivity index is 1.66. The molecule has 5 heteroatoms. The molecule has 5 nitrogen and oxygen atoms in total. The number of ether oxygens (including phenoxy) is 1. The van der Waals surface area contributed by atoms with Gasteiger partial charge in [0.05, 0.1) is 0 Å². The normalized spacial score (nSPS) is 9.48. The summed E-state index contributed by atoms with van der Waals surface area (Å²) in [7, 11) is 0. The molecular weight excluding hydrogens is 316 g/mol. The number of rotatable bonds is 5. The molecule has 0 aromatic heterocycles. The van der Waals surface area contributed by atoms with Gasteiger partial charge >= 0.3 is 6.09 Å². The van der Waals surface area contributed by atoms with Crippen LogP contribution in [0.2, 0.25) is 0 Å². The van der Waals surface area contributed by atoms with Gasteiger partial charge in [-0.15, -0.1) is 0 Å². The van der Waals surface area contributed by atoms with Crippen LogP contribution in [-0.2, 0) is 16.1 Å². The molecule has 0 aliphatic rings. The van der Waals surface area contributed by atoms with E-state index >= 15 is 0 Å². The van der Waals surface area contributed by atoms with E-state index in [2.05, 4.69) is 22.5 Å². The van der Waals surface area contributed by atoms with Crippen LogP contribution in [-0.4, -0.2) is 18.5 Å². The third-order valence-electron chi connectivity index (χ3n) is 3.17. The Labute approximate surface area is 147 Å². The van der Waals surface area contributed by atoms with E-state index in [0.29, 0.717) is 13.0 Å². The van der Waals surface area contributed by atoms with Gasteiger partial charge in [-0.1, -0.05) is 42.2 Å². The molecular formula is C20H20N2O3. The van der Waals surface area contributed by atoms with Gasteiger partial charge in [-0.2, -0.15) is 0 Å². The molecule has 2 aromatic rings. The largest absolute Gasteiger partial charge is 0.445 e. The number of benzene rings is 2. The van der Waals surface area contributed by atoms with Crippen molar-refractivity contribution in [3.63, 3.8) is 0 Å². The fourth-order valence-corrected chi connectivity index (χ4v) is 2.01. The molecule has 0 spiro atoms. The number of nitrogens with one attached hydrogen (secondary N) is 2. The van der Waals surface area contributed by atoms with Crippen LogP contribution in [0, 0.1) is 11.8 Å². The van der Waals surface area contributed by atoms with Crippen molar-refractivity contribution >= 4 is 17.7 Å². The minimum Gasteiger partial charge on any atom is -0.445 e. The molecule has 0 bridgehead atoms. The minimum absolute atomic E-state index is 0.107. The van der Waals surface area contributed by atoms with Crippen LogP contribution < -0.4 is 10.6 Å². The molecule has 25 heavy (non-hydrogen) atoms. The first-order valence-corrected chi connectivity index (χ1v) is 7.94. The Morgan fingerprint density at radius 1 is 1.04 bits per heavy atom. The summed E-state index contributed by atoms with van der Waals surface area (Å²) >= 11 is 0. The Morgan fingerprint density at radius 3 is 2.44 bits per heavy atom. The van der Waals surface area contributed by atoms with E-state index in [4.69, 9.17) is 4.74 Å². The fourth-order valence-electron chi connectivity index (χ4n) is 2.01. The molecule has 2 rings (SSSR count). The summed E-state index contributed by atoms with van der Waals surface area (Å²) in [4.78, 5) is 22.5. The highest BCUT2D eigenvalue weighted by Crippen LogP contribution is 2.08. The molecule has 0 unspecified atom stereocenters. The smallest absolute Gasteiger partial charge is 0.407 e. The molecule has 0 radical (unpaired) electrons. The SMILES string of the molecule is CC(=O)Nc1ccc(C#CCCNC(=O)OCc2ccccc2)cc1. The van der Waals surface area contributed by atoms with E-state index in [9.17, 15) is 9.59 Å². The highest BCUT2D eigenvalue weighted by Gasteiger charge is 2.00. The van der Waals surface area contributed by atoms with Crippen molar-refractivity contribution in [1.29, 1.82) is 0 Å². The molecule has 2 N–H and O–H groups in total. The van der Waals surface area contributed by atoms with Crippen molar-refractivity contribution in [3.8, 4) is 11.8 Å². The maximum absolute atomic E-state index is 11.6. The summed E-state index contributed by atoms with van der Waals surface area (Å²) in [6, 6.07) is 16.8. The first kappa shape index (κ1) is 18.1. The molecule has 0 fully saturated rings. The first-order chi connectivity index (χ1) is 12.1. The number of amides is 2. The Kier molecular flexibility index (Phi) is 7.08. The molecule has 2 aromatic carbocycles. The number of alkyl carbamates (subject to hydrolysis) is 1.